The van der Waals surface area contributed by atoms with Gasteiger partial charge < -0.3 is 14.8 Å². The van der Waals surface area contributed by atoms with Crippen molar-refractivity contribution in [1.29, 1.82) is 5.26 Å². The Morgan fingerprint density at radius 1 is 1.55 bits per heavy atom. The van der Waals surface area contributed by atoms with Crippen LogP contribution < -0.4 is 14.8 Å². The number of amides is 1. The fraction of sp³-hybridized carbons (Fsp3) is 0.250. The zero-order chi connectivity index (χ0) is 16.5. The molecular weight excluding hydrogens is 348 g/mol. The summed E-state index contributed by atoms with van der Waals surface area (Å²) in [5.74, 6) is 0.648. The van der Waals surface area contributed by atoms with Crippen molar-refractivity contribution in [2.45, 2.75) is 6.92 Å². The number of nitrogens with zero attached hydrogens (tertiary/aromatic N) is 1. The minimum Gasteiger partial charge on any atom is -0.493 e. The van der Waals surface area contributed by atoms with Gasteiger partial charge in [-0.2, -0.15) is 5.26 Å². The first-order valence-electron chi connectivity index (χ1n) is 6.58. The molecular formula is C16H17BrN2O3. The van der Waals surface area contributed by atoms with Crippen LogP contribution in [-0.2, 0) is 4.79 Å². The van der Waals surface area contributed by atoms with Gasteiger partial charge in [-0.1, -0.05) is 6.08 Å². The molecule has 22 heavy (non-hydrogen) atoms. The van der Waals surface area contributed by atoms with Gasteiger partial charge in [-0.15, -0.1) is 6.58 Å². The minimum absolute atomic E-state index is 0.0000343. The summed E-state index contributed by atoms with van der Waals surface area (Å²) in [4.78, 5) is 11.8. The molecule has 1 N–H and O–H groups in total. The Balaban J connectivity index is 3.18. The van der Waals surface area contributed by atoms with Gasteiger partial charge in [0.25, 0.3) is 5.91 Å². The third kappa shape index (κ3) is 4.64. The molecule has 0 aliphatic carbocycles. The lowest BCUT2D eigenvalue weighted by atomic mass is 10.1. The number of hydrogen-bond donors (Lipinski definition) is 1. The number of benzene rings is 1. The molecule has 116 valence electrons. The van der Waals surface area contributed by atoms with E-state index >= 15 is 0 Å². The second-order valence-electron chi connectivity index (χ2n) is 4.14. The molecule has 0 spiro atoms. The zero-order valence-electron chi connectivity index (χ0n) is 12.5. The van der Waals surface area contributed by atoms with E-state index in [4.69, 9.17) is 14.7 Å². The molecule has 1 rings (SSSR count). The second-order valence-corrected chi connectivity index (χ2v) is 4.99. The van der Waals surface area contributed by atoms with Crippen LogP contribution in [0.1, 0.15) is 12.5 Å². The number of hydrogen-bond acceptors (Lipinski definition) is 4. The predicted octanol–water partition coefficient (Wildman–Crippen LogP) is 3.07. The van der Waals surface area contributed by atoms with Gasteiger partial charge in [0.15, 0.2) is 11.5 Å². The van der Waals surface area contributed by atoms with Crippen LogP contribution in [0.25, 0.3) is 6.08 Å². The lowest BCUT2D eigenvalue weighted by Crippen LogP contribution is -2.24. The number of ether oxygens (including phenoxy) is 2. The van der Waals surface area contributed by atoms with Crippen LogP contribution in [0.15, 0.2) is 34.8 Å². The molecule has 5 nitrogen and oxygen atoms in total. The van der Waals surface area contributed by atoms with Gasteiger partial charge in [0, 0.05) is 6.54 Å². The molecule has 1 amide bonds. The molecule has 0 saturated heterocycles. The van der Waals surface area contributed by atoms with Gasteiger partial charge in [-0.25, -0.2) is 0 Å². The number of nitrogens with one attached hydrogen (secondary N) is 1. The second kappa shape index (κ2) is 8.90. The summed E-state index contributed by atoms with van der Waals surface area (Å²) >= 11 is 3.40. The van der Waals surface area contributed by atoms with Crippen molar-refractivity contribution in [2.75, 3.05) is 20.3 Å². The van der Waals surface area contributed by atoms with Crippen LogP contribution in [0.5, 0.6) is 11.5 Å². The molecule has 0 aliphatic rings. The van der Waals surface area contributed by atoms with Crippen molar-refractivity contribution in [2.24, 2.45) is 0 Å². The SMILES string of the molecule is C=CCNC(=O)/C(C#N)=C\c1cc(Br)c(OCC)c(OC)c1. The molecule has 0 bridgehead atoms. The third-order valence-corrected chi connectivity index (χ3v) is 3.21. The third-order valence-electron chi connectivity index (χ3n) is 2.62. The fourth-order valence-corrected chi connectivity index (χ4v) is 2.26. The van der Waals surface area contributed by atoms with Crippen LogP contribution in [0.3, 0.4) is 0 Å². The maximum Gasteiger partial charge on any atom is 0.262 e. The summed E-state index contributed by atoms with van der Waals surface area (Å²) in [5, 5.41) is 11.7. The highest BCUT2D eigenvalue weighted by Gasteiger charge is 2.13. The van der Waals surface area contributed by atoms with Crippen LogP contribution in [0.2, 0.25) is 0 Å². The van der Waals surface area contributed by atoms with Gasteiger partial charge in [0.2, 0.25) is 0 Å². The Morgan fingerprint density at radius 3 is 2.82 bits per heavy atom. The minimum atomic E-state index is -0.452. The lowest BCUT2D eigenvalue weighted by molar-refractivity contribution is -0.116. The highest BCUT2D eigenvalue weighted by atomic mass is 79.9. The number of methoxy groups -OCH3 is 1. The Bertz CT molecular complexity index is 633. The number of halogens is 1. The summed E-state index contributed by atoms with van der Waals surface area (Å²) < 4.78 is 11.5. The first kappa shape index (κ1) is 17.8. The van der Waals surface area contributed by atoms with E-state index in [0.717, 1.165) is 0 Å². The van der Waals surface area contributed by atoms with Crippen molar-refractivity contribution < 1.29 is 14.3 Å². The summed E-state index contributed by atoms with van der Waals surface area (Å²) in [6.45, 7) is 6.18. The Morgan fingerprint density at radius 2 is 2.27 bits per heavy atom. The zero-order valence-corrected chi connectivity index (χ0v) is 14.1. The fourth-order valence-electron chi connectivity index (χ4n) is 1.68. The molecule has 0 radical (unpaired) electrons. The number of carbonyl (C=O) groups excluding carboxylic acids is 1. The van der Waals surface area contributed by atoms with E-state index in [1.807, 2.05) is 13.0 Å². The van der Waals surface area contributed by atoms with Crippen molar-refractivity contribution in [1.82, 2.24) is 5.32 Å². The van der Waals surface area contributed by atoms with E-state index in [2.05, 4.69) is 27.8 Å². The molecule has 1 aromatic rings. The molecule has 0 fully saturated rings. The first-order chi connectivity index (χ1) is 10.6. The summed E-state index contributed by atoms with van der Waals surface area (Å²) in [5.41, 5.74) is 0.650. The maximum absolute atomic E-state index is 11.8. The van der Waals surface area contributed by atoms with Gasteiger partial charge in [-0.05, 0) is 46.6 Å². The largest absolute Gasteiger partial charge is 0.493 e. The molecule has 0 saturated carbocycles. The maximum atomic E-state index is 11.8. The van der Waals surface area contributed by atoms with Crippen molar-refractivity contribution in [3.8, 4) is 17.6 Å². The van der Waals surface area contributed by atoms with E-state index in [1.54, 1.807) is 18.2 Å². The Hall–Kier alpha value is -2.26. The molecule has 1 aromatic carbocycles. The number of nitriles is 1. The first-order valence-corrected chi connectivity index (χ1v) is 7.37. The molecule has 0 unspecified atom stereocenters. The summed E-state index contributed by atoms with van der Waals surface area (Å²) in [6, 6.07) is 5.34. The van der Waals surface area contributed by atoms with Gasteiger partial charge in [0.05, 0.1) is 18.2 Å². The van der Waals surface area contributed by atoms with Crippen LogP contribution in [0.4, 0.5) is 0 Å². The van der Waals surface area contributed by atoms with Crippen molar-refractivity contribution >= 4 is 27.9 Å². The summed E-state index contributed by atoms with van der Waals surface area (Å²) in [6.07, 6.45) is 3.03. The normalized spacial score (nSPS) is 10.5. The van der Waals surface area contributed by atoms with Crippen LogP contribution in [-0.4, -0.2) is 26.2 Å². The number of carbonyl (C=O) groups is 1. The molecule has 0 atom stereocenters. The predicted molar refractivity (Wildman–Crippen MR) is 88.7 cm³/mol. The molecule has 6 heteroatoms. The molecule has 0 heterocycles. The van der Waals surface area contributed by atoms with Crippen molar-refractivity contribution in [3.05, 3.63) is 40.4 Å². The van der Waals surface area contributed by atoms with E-state index < -0.39 is 5.91 Å². The van der Waals surface area contributed by atoms with Gasteiger partial charge >= 0.3 is 0 Å². The lowest BCUT2D eigenvalue weighted by Gasteiger charge is -2.12. The average molecular weight is 365 g/mol. The Labute approximate surface area is 138 Å². The average Bonchev–Trinajstić information content (AvgIpc) is 2.52. The standard InChI is InChI=1S/C16H17BrN2O3/c1-4-6-19-16(20)12(10-18)7-11-8-13(17)15(22-5-2)14(9-11)21-3/h4,7-9H,1,5-6H2,2-3H3,(H,19,20)/b12-7-. The highest BCUT2D eigenvalue weighted by Crippen LogP contribution is 2.37. The van der Waals surface area contributed by atoms with Crippen LogP contribution >= 0.6 is 15.9 Å². The topological polar surface area (TPSA) is 71.4 Å². The Kier molecular flexibility index (Phi) is 7.20. The number of rotatable bonds is 7. The van der Waals surface area contributed by atoms with E-state index in [-0.39, 0.29) is 5.57 Å². The molecule has 0 aliphatic heterocycles. The van der Waals surface area contributed by atoms with Crippen LogP contribution in [0, 0.1) is 11.3 Å². The van der Waals surface area contributed by atoms with E-state index in [9.17, 15) is 4.79 Å². The monoisotopic (exact) mass is 364 g/mol. The quantitative estimate of drug-likeness (QED) is 0.458. The highest BCUT2D eigenvalue weighted by molar-refractivity contribution is 9.10. The van der Waals surface area contributed by atoms with Gasteiger partial charge in [0.1, 0.15) is 11.6 Å². The van der Waals surface area contributed by atoms with Gasteiger partial charge in [-0.3, -0.25) is 4.79 Å². The molecule has 0 aromatic heterocycles. The smallest absolute Gasteiger partial charge is 0.262 e. The van der Waals surface area contributed by atoms with E-state index in [0.29, 0.717) is 34.7 Å². The summed E-state index contributed by atoms with van der Waals surface area (Å²) in [7, 11) is 1.53. The van der Waals surface area contributed by atoms with Crippen molar-refractivity contribution in [3.63, 3.8) is 0 Å². The van der Waals surface area contributed by atoms with E-state index in [1.165, 1.54) is 13.2 Å².